The van der Waals surface area contributed by atoms with Gasteiger partial charge in [0.15, 0.2) is 0 Å². The Kier molecular flexibility index (Phi) is 5.85. The van der Waals surface area contributed by atoms with E-state index in [2.05, 4.69) is 10.5 Å². The van der Waals surface area contributed by atoms with E-state index in [1.807, 2.05) is 13.8 Å². The summed E-state index contributed by atoms with van der Waals surface area (Å²) in [6, 6.07) is 5.08. The first-order valence-electron chi connectivity index (χ1n) is 7.21. The molecule has 1 atom stereocenters. The normalized spacial score (nSPS) is 12.2. The van der Waals surface area contributed by atoms with Crippen molar-refractivity contribution in [2.24, 2.45) is 0 Å². The van der Waals surface area contributed by atoms with Crippen molar-refractivity contribution < 1.29 is 19.2 Å². The summed E-state index contributed by atoms with van der Waals surface area (Å²) in [5.74, 6) is -1.76. The van der Waals surface area contributed by atoms with Crippen LogP contribution in [-0.4, -0.2) is 28.2 Å². The highest BCUT2D eigenvalue weighted by atomic mass is 35.5. The number of hydrogen-bond donors (Lipinski definition) is 2. The van der Waals surface area contributed by atoms with Crippen molar-refractivity contribution in [3.8, 4) is 0 Å². The second-order valence-corrected chi connectivity index (χ2v) is 6.49. The number of amides is 1. The fraction of sp³-hybridized carbons (Fsp3) is 0.312. The van der Waals surface area contributed by atoms with Crippen molar-refractivity contribution in [1.82, 2.24) is 10.5 Å². The summed E-state index contributed by atoms with van der Waals surface area (Å²) in [6.45, 7) is 3.81. The van der Waals surface area contributed by atoms with E-state index in [-0.39, 0.29) is 18.1 Å². The molecule has 1 unspecified atom stereocenters. The van der Waals surface area contributed by atoms with Crippen LogP contribution in [0.15, 0.2) is 28.8 Å². The SMILES string of the molecule is CC(C)c1cc(C(=O)NC(Cc2cc(Cl)cc(Cl)c2)C(=O)O)on1. The summed E-state index contributed by atoms with van der Waals surface area (Å²) in [4.78, 5) is 23.6. The molecule has 1 aromatic heterocycles. The Labute approximate surface area is 148 Å². The molecule has 0 saturated carbocycles. The van der Waals surface area contributed by atoms with Gasteiger partial charge in [0.1, 0.15) is 6.04 Å². The third kappa shape index (κ3) is 4.72. The molecule has 1 amide bonds. The van der Waals surface area contributed by atoms with E-state index in [4.69, 9.17) is 27.7 Å². The monoisotopic (exact) mass is 370 g/mol. The van der Waals surface area contributed by atoms with Gasteiger partial charge in [-0.25, -0.2) is 4.79 Å². The lowest BCUT2D eigenvalue weighted by Gasteiger charge is -2.14. The zero-order valence-electron chi connectivity index (χ0n) is 13.0. The number of carbonyl (C=O) groups excluding carboxylic acids is 1. The number of carbonyl (C=O) groups is 2. The van der Waals surface area contributed by atoms with Crippen LogP contribution in [0.3, 0.4) is 0 Å². The van der Waals surface area contributed by atoms with E-state index >= 15 is 0 Å². The second-order valence-electron chi connectivity index (χ2n) is 5.62. The standard InChI is InChI=1S/C16H16Cl2N2O4/c1-8(2)12-7-14(24-20-12)15(21)19-13(16(22)23)5-9-3-10(17)6-11(18)4-9/h3-4,6-8,13H,5H2,1-2H3,(H,19,21)(H,22,23). The number of halogens is 2. The molecule has 1 heterocycles. The second kappa shape index (κ2) is 7.68. The molecule has 0 aliphatic carbocycles. The maximum atomic E-state index is 12.2. The topological polar surface area (TPSA) is 92.4 Å². The minimum absolute atomic E-state index is 0.0333. The predicted molar refractivity (Wildman–Crippen MR) is 89.6 cm³/mol. The summed E-state index contributed by atoms with van der Waals surface area (Å²) >= 11 is 11.8. The Hall–Kier alpha value is -2.05. The van der Waals surface area contributed by atoms with Crippen LogP contribution < -0.4 is 5.32 Å². The predicted octanol–water partition coefficient (Wildman–Crippen LogP) is 3.53. The lowest BCUT2D eigenvalue weighted by Crippen LogP contribution is -2.42. The van der Waals surface area contributed by atoms with Crippen LogP contribution in [0.2, 0.25) is 10.0 Å². The highest BCUT2D eigenvalue weighted by molar-refractivity contribution is 6.34. The largest absolute Gasteiger partial charge is 0.480 e. The summed E-state index contributed by atoms with van der Waals surface area (Å²) < 4.78 is 4.96. The minimum atomic E-state index is -1.18. The molecule has 0 saturated heterocycles. The molecule has 8 heteroatoms. The van der Waals surface area contributed by atoms with Crippen molar-refractivity contribution in [3.05, 3.63) is 51.3 Å². The first-order valence-corrected chi connectivity index (χ1v) is 7.97. The van der Waals surface area contributed by atoms with E-state index in [0.29, 0.717) is 21.3 Å². The average Bonchev–Trinajstić information content (AvgIpc) is 2.95. The van der Waals surface area contributed by atoms with E-state index in [1.165, 1.54) is 6.07 Å². The van der Waals surface area contributed by atoms with Gasteiger partial charge in [-0.15, -0.1) is 0 Å². The molecule has 24 heavy (non-hydrogen) atoms. The maximum Gasteiger partial charge on any atom is 0.326 e. The summed E-state index contributed by atoms with van der Waals surface area (Å²) in [5.41, 5.74) is 1.22. The molecule has 0 aliphatic rings. The molecule has 0 spiro atoms. The first-order chi connectivity index (χ1) is 11.3. The molecule has 0 aliphatic heterocycles. The Morgan fingerprint density at radius 2 is 1.83 bits per heavy atom. The first kappa shape index (κ1) is 18.3. The Morgan fingerprint density at radius 1 is 1.21 bits per heavy atom. The molecule has 2 N–H and O–H groups in total. The molecule has 128 valence electrons. The van der Waals surface area contributed by atoms with Gasteiger partial charge in [-0.1, -0.05) is 42.2 Å². The smallest absolute Gasteiger partial charge is 0.326 e. The molecule has 0 bridgehead atoms. The number of nitrogens with zero attached hydrogens (tertiary/aromatic N) is 1. The van der Waals surface area contributed by atoms with Crippen LogP contribution in [0.4, 0.5) is 0 Å². The van der Waals surface area contributed by atoms with Crippen molar-refractivity contribution >= 4 is 35.1 Å². The van der Waals surface area contributed by atoms with Gasteiger partial charge in [-0.2, -0.15) is 0 Å². The number of carboxylic acid groups (broad SMARTS) is 1. The minimum Gasteiger partial charge on any atom is -0.480 e. The van der Waals surface area contributed by atoms with E-state index < -0.39 is 17.9 Å². The summed E-state index contributed by atoms with van der Waals surface area (Å²) in [5, 5.41) is 16.3. The number of aromatic nitrogens is 1. The quantitative estimate of drug-likeness (QED) is 0.811. The molecule has 6 nitrogen and oxygen atoms in total. The maximum absolute atomic E-state index is 12.2. The van der Waals surface area contributed by atoms with Gasteiger partial charge in [-0.05, 0) is 29.7 Å². The van der Waals surface area contributed by atoms with E-state index in [9.17, 15) is 14.7 Å². The molecule has 2 aromatic rings. The van der Waals surface area contributed by atoms with Gasteiger partial charge in [-0.3, -0.25) is 4.79 Å². The molecular weight excluding hydrogens is 355 g/mol. The highest BCUT2D eigenvalue weighted by Gasteiger charge is 2.24. The van der Waals surface area contributed by atoms with Gasteiger partial charge in [0.05, 0.1) is 5.69 Å². The van der Waals surface area contributed by atoms with Crippen LogP contribution >= 0.6 is 23.2 Å². The van der Waals surface area contributed by atoms with Gasteiger partial charge < -0.3 is 14.9 Å². The van der Waals surface area contributed by atoms with Crippen molar-refractivity contribution in [3.63, 3.8) is 0 Å². The number of hydrogen-bond acceptors (Lipinski definition) is 4. The molecule has 1 aromatic carbocycles. The van der Waals surface area contributed by atoms with Crippen LogP contribution in [0.1, 0.15) is 41.6 Å². The van der Waals surface area contributed by atoms with Crippen LogP contribution in [0, 0.1) is 0 Å². The summed E-state index contributed by atoms with van der Waals surface area (Å²) in [6.07, 6.45) is 0.0343. The number of carboxylic acids is 1. The number of rotatable bonds is 6. The Balaban J connectivity index is 2.12. The third-order valence-electron chi connectivity index (χ3n) is 3.31. The molecule has 0 radical (unpaired) electrons. The van der Waals surface area contributed by atoms with Crippen LogP contribution in [0.5, 0.6) is 0 Å². The molecule has 0 fully saturated rings. The lowest BCUT2D eigenvalue weighted by molar-refractivity contribution is -0.139. The van der Waals surface area contributed by atoms with Crippen molar-refractivity contribution in [2.75, 3.05) is 0 Å². The summed E-state index contributed by atoms with van der Waals surface area (Å²) in [7, 11) is 0. The van der Waals surface area contributed by atoms with Crippen LogP contribution in [-0.2, 0) is 11.2 Å². The third-order valence-corrected chi connectivity index (χ3v) is 3.75. The van der Waals surface area contributed by atoms with Gasteiger partial charge in [0, 0.05) is 22.5 Å². The zero-order valence-corrected chi connectivity index (χ0v) is 14.6. The Morgan fingerprint density at radius 3 is 2.33 bits per heavy atom. The zero-order chi connectivity index (χ0) is 17.9. The average molecular weight is 371 g/mol. The van der Waals surface area contributed by atoms with Gasteiger partial charge in [0.2, 0.25) is 5.76 Å². The Bertz CT molecular complexity index is 738. The number of nitrogens with one attached hydrogen (secondary N) is 1. The molecule has 2 rings (SSSR count). The fourth-order valence-electron chi connectivity index (χ4n) is 2.06. The number of aliphatic carboxylic acids is 1. The highest BCUT2D eigenvalue weighted by Crippen LogP contribution is 2.20. The lowest BCUT2D eigenvalue weighted by atomic mass is 10.1. The van der Waals surface area contributed by atoms with Crippen LogP contribution in [0.25, 0.3) is 0 Å². The van der Waals surface area contributed by atoms with Gasteiger partial charge in [0.25, 0.3) is 5.91 Å². The van der Waals surface area contributed by atoms with E-state index in [0.717, 1.165) is 0 Å². The van der Waals surface area contributed by atoms with Gasteiger partial charge >= 0.3 is 5.97 Å². The fourth-order valence-corrected chi connectivity index (χ4v) is 2.63. The number of benzene rings is 1. The van der Waals surface area contributed by atoms with Crippen molar-refractivity contribution in [1.29, 1.82) is 0 Å². The van der Waals surface area contributed by atoms with Crippen molar-refractivity contribution in [2.45, 2.75) is 32.2 Å². The van der Waals surface area contributed by atoms with E-state index in [1.54, 1.807) is 18.2 Å². The molecular formula is C16H16Cl2N2O4.